The predicted octanol–water partition coefficient (Wildman–Crippen LogP) is 2.66. The summed E-state index contributed by atoms with van der Waals surface area (Å²) in [7, 11) is 0. The second-order valence-electron chi connectivity index (χ2n) is 6.86. The van der Waals surface area contributed by atoms with Crippen molar-refractivity contribution in [2.75, 3.05) is 4.90 Å². The summed E-state index contributed by atoms with van der Waals surface area (Å²) in [5.41, 5.74) is 3.32. The van der Waals surface area contributed by atoms with E-state index in [1.54, 1.807) is 17.1 Å². The van der Waals surface area contributed by atoms with E-state index in [4.69, 9.17) is 4.52 Å². The average Bonchev–Trinajstić information content (AvgIpc) is 3.31. The normalized spacial score (nSPS) is 17.1. The Morgan fingerprint density at radius 3 is 2.67 bits per heavy atom. The number of hydrogen-bond acceptors (Lipinski definition) is 5. The highest BCUT2D eigenvalue weighted by Gasteiger charge is 2.39. The molecule has 2 amide bonds. The van der Waals surface area contributed by atoms with E-state index in [1.165, 1.54) is 4.90 Å². The number of aryl methyl sites for hydroxylation is 2. The molecule has 2 aromatic heterocycles. The van der Waals surface area contributed by atoms with Crippen LogP contribution in [0.2, 0.25) is 0 Å². The minimum atomic E-state index is -0.328. The fourth-order valence-electron chi connectivity index (χ4n) is 3.47. The van der Waals surface area contributed by atoms with Gasteiger partial charge in [0.1, 0.15) is 5.76 Å². The van der Waals surface area contributed by atoms with Crippen molar-refractivity contribution < 1.29 is 14.1 Å². The first-order valence-corrected chi connectivity index (χ1v) is 8.88. The molecule has 0 bridgehead atoms. The van der Waals surface area contributed by atoms with E-state index in [-0.39, 0.29) is 24.2 Å². The van der Waals surface area contributed by atoms with E-state index in [1.807, 2.05) is 44.2 Å². The van der Waals surface area contributed by atoms with Crippen LogP contribution in [0.1, 0.15) is 29.0 Å². The molecule has 1 saturated heterocycles. The van der Waals surface area contributed by atoms with Crippen LogP contribution < -0.4 is 4.90 Å². The molecule has 1 atom stereocenters. The van der Waals surface area contributed by atoms with Crippen LogP contribution in [0.25, 0.3) is 0 Å². The SMILES string of the molecule is Cc1noc(C)c1Cn1cc(N2C(=O)C[C@H](Cc3ccccc3)C2=O)cn1. The van der Waals surface area contributed by atoms with Crippen molar-refractivity contribution >= 4 is 17.5 Å². The zero-order chi connectivity index (χ0) is 19.0. The molecule has 0 aliphatic carbocycles. The fourth-order valence-corrected chi connectivity index (χ4v) is 3.47. The summed E-state index contributed by atoms with van der Waals surface area (Å²) in [5.74, 6) is 0.0603. The van der Waals surface area contributed by atoms with Crippen molar-refractivity contribution in [2.45, 2.75) is 33.2 Å². The third kappa shape index (κ3) is 3.28. The summed E-state index contributed by atoms with van der Waals surface area (Å²) in [4.78, 5) is 26.5. The van der Waals surface area contributed by atoms with Crippen LogP contribution in [-0.2, 0) is 22.6 Å². The van der Waals surface area contributed by atoms with Crippen LogP contribution in [0.3, 0.4) is 0 Å². The quantitative estimate of drug-likeness (QED) is 0.650. The Morgan fingerprint density at radius 1 is 1.19 bits per heavy atom. The molecule has 7 heteroatoms. The van der Waals surface area contributed by atoms with Crippen molar-refractivity contribution in [3.63, 3.8) is 0 Å². The summed E-state index contributed by atoms with van der Waals surface area (Å²) < 4.78 is 6.86. The van der Waals surface area contributed by atoms with Gasteiger partial charge in [0.05, 0.1) is 30.0 Å². The van der Waals surface area contributed by atoms with E-state index in [0.717, 1.165) is 22.6 Å². The van der Waals surface area contributed by atoms with Crippen LogP contribution in [0, 0.1) is 19.8 Å². The van der Waals surface area contributed by atoms with Crippen molar-refractivity contribution in [1.82, 2.24) is 14.9 Å². The number of amides is 2. The molecular formula is C20H20N4O3. The molecule has 0 unspecified atom stereocenters. The molecule has 4 rings (SSSR count). The van der Waals surface area contributed by atoms with Gasteiger partial charge in [-0.15, -0.1) is 0 Å². The third-order valence-electron chi connectivity index (χ3n) is 4.94. The Hall–Kier alpha value is -3.22. The molecule has 0 N–H and O–H groups in total. The number of nitrogens with zero attached hydrogens (tertiary/aromatic N) is 4. The second-order valence-corrected chi connectivity index (χ2v) is 6.86. The van der Waals surface area contributed by atoms with Crippen LogP contribution in [0.15, 0.2) is 47.2 Å². The first-order chi connectivity index (χ1) is 13.0. The van der Waals surface area contributed by atoms with Gasteiger partial charge in [-0.2, -0.15) is 5.10 Å². The monoisotopic (exact) mass is 364 g/mol. The van der Waals surface area contributed by atoms with Crippen LogP contribution >= 0.6 is 0 Å². The van der Waals surface area contributed by atoms with Crippen LogP contribution in [0.5, 0.6) is 0 Å². The van der Waals surface area contributed by atoms with Gasteiger partial charge >= 0.3 is 0 Å². The lowest BCUT2D eigenvalue weighted by atomic mass is 9.98. The molecule has 1 aliphatic heterocycles. The predicted molar refractivity (Wildman–Crippen MR) is 98.1 cm³/mol. The second kappa shape index (κ2) is 6.83. The van der Waals surface area contributed by atoms with Gasteiger partial charge in [-0.25, -0.2) is 4.90 Å². The van der Waals surface area contributed by atoms with Crippen LogP contribution in [-0.4, -0.2) is 26.8 Å². The highest BCUT2D eigenvalue weighted by molar-refractivity contribution is 6.20. The van der Waals surface area contributed by atoms with E-state index >= 15 is 0 Å². The zero-order valence-corrected chi connectivity index (χ0v) is 15.3. The van der Waals surface area contributed by atoms with Gasteiger partial charge in [0.2, 0.25) is 11.8 Å². The molecule has 3 heterocycles. The molecule has 0 radical (unpaired) electrons. The highest BCUT2D eigenvalue weighted by Crippen LogP contribution is 2.28. The van der Waals surface area contributed by atoms with E-state index < -0.39 is 0 Å². The van der Waals surface area contributed by atoms with Gasteiger partial charge in [0.25, 0.3) is 0 Å². The maximum absolute atomic E-state index is 12.8. The third-order valence-corrected chi connectivity index (χ3v) is 4.94. The molecule has 138 valence electrons. The van der Waals surface area contributed by atoms with Gasteiger partial charge in [-0.3, -0.25) is 14.3 Å². The lowest BCUT2D eigenvalue weighted by Crippen LogP contribution is -2.30. The maximum atomic E-state index is 12.8. The zero-order valence-electron chi connectivity index (χ0n) is 15.3. The minimum Gasteiger partial charge on any atom is -0.361 e. The number of benzene rings is 1. The van der Waals surface area contributed by atoms with Gasteiger partial charge in [0.15, 0.2) is 0 Å². The van der Waals surface area contributed by atoms with Gasteiger partial charge in [0, 0.05) is 18.2 Å². The standard InChI is InChI=1S/C20H20N4O3/c1-13-18(14(2)27-22-13)12-23-11-17(10-21-23)24-19(25)9-16(20(24)26)8-15-6-4-3-5-7-15/h3-7,10-11,16H,8-9,12H2,1-2H3/t16-/m0/s1. The molecule has 3 aromatic rings. The molecule has 27 heavy (non-hydrogen) atoms. The molecule has 1 aliphatic rings. The smallest absolute Gasteiger partial charge is 0.237 e. The number of imide groups is 1. The molecule has 1 aromatic carbocycles. The Kier molecular flexibility index (Phi) is 4.35. The Morgan fingerprint density at radius 2 is 1.96 bits per heavy atom. The van der Waals surface area contributed by atoms with E-state index in [2.05, 4.69) is 10.3 Å². The van der Waals surface area contributed by atoms with E-state index in [0.29, 0.717) is 18.7 Å². The van der Waals surface area contributed by atoms with E-state index in [9.17, 15) is 9.59 Å². The molecule has 0 saturated carbocycles. The summed E-state index contributed by atoms with van der Waals surface area (Å²) in [6, 6.07) is 9.76. The molecular weight excluding hydrogens is 344 g/mol. The highest BCUT2D eigenvalue weighted by atomic mass is 16.5. The van der Waals surface area contributed by atoms with Crippen molar-refractivity contribution in [2.24, 2.45) is 5.92 Å². The van der Waals surface area contributed by atoms with Crippen molar-refractivity contribution in [1.29, 1.82) is 0 Å². The van der Waals surface area contributed by atoms with Crippen molar-refractivity contribution in [3.8, 4) is 0 Å². The Bertz CT molecular complexity index is 970. The number of rotatable bonds is 5. The molecule has 1 fully saturated rings. The minimum absolute atomic E-state index is 0.166. The fraction of sp³-hybridized carbons (Fsp3) is 0.300. The van der Waals surface area contributed by atoms with Gasteiger partial charge in [-0.05, 0) is 25.8 Å². The lowest BCUT2D eigenvalue weighted by Gasteiger charge is -2.12. The first kappa shape index (κ1) is 17.2. The van der Waals surface area contributed by atoms with Crippen LogP contribution in [0.4, 0.5) is 5.69 Å². The maximum Gasteiger partial charge on any atom is 0.237 e. The Labute approximate surface area is 156 Å². The summed E-state index contributed by atoms with van der Waals surface area (Å²) in [6.07, 6.45) is 4.06. The lowest BCUT2D eigenvalue weighted by molar-refractivity contribution is -0.122. The summed E-state index contributed by atoms with van der Waals surface area (Å²) in [6.45, 7) is 4.20. The molecule has 7 nitrogen and oxygen atoms in total. The molecule has 0 spiro atoms. The first-order valence-electron chi connectivity index (χ1n) is 8.88. The number of carbonyl (C=O) groups is 2. The number of carbonyl (C=O) groups excluding carboxylic acids is 2. The van der Waals surface area contributed by atoms with Gasteiger partial charge < -0.3 is 4.52 Å². The largest absolute Gasteiger partial charge is 0.361 e. The number of hydrogen-bond donors (Lipinski definition) is 0. The van der Waals surface area contributed by atoms with Crippen molar-refractivity contribution in [3.05, 3.63) is 65.3 Å². The topological polar surface area (TPSA) is 81.2 Å². The number of aromatic nitrogens is 3. The summed E-state index contributed by atoms with van der Waals surface area (Å²) >= 11 is 0. The Balaban J connectivity index is 1.51. The number of anilines is 1. The summed E-state index contributed by atoms with van der Waals surface area (Å²) in [5, 5.41) is 8.23. The van der Waals surface area contributed by atoms with Gasteiger partial charge in [-0.1, -0.05) is 35.5 Å². The average molecular weight is 364 g/mol.